The first-order valence-corrected chi connectivity index (χ1v) is 17.5. The molecule has 262 valence electrons. The standard InChI is InChI=1S/C37H60O9/c1-10-11-12-24(19-31(38)35(3,4)44-22-41-7)23(2)28-15-16-29-27-14-13-25-20-26(45-33(39)42-8)21-32(46-34(40)43-9)37(25,6)30(27)17-18-36(28,29)5/h13-14,23-24,26,28-32,38H,10-12,15-22H2,1-9H3/t23-,24+,26+,28+,29-,30?,31?,32-,36+,37-/m0/s1. The van der Waals surface area contributed by atoms with Gasteiger partial charge in [-0.3, -0.25) is 0 Å². The summed E-state index contributed by atoms with van der Waals surface area (Å²) in [4.78, 5) is 24.5. The summed E-state index contributed by atoms with van der Waals surface area (Å²) in [6, 6.07) is 0. The topological polar surface area (TPSA) is 110 Å². The molecule has 3 saturated carbocycles. The zero-order chi connectivity index (χ0) is 33.9. The minimum absolute atomic E-state index is 0.144. The number of unbranched alkanes of at least 4 members (excludes halogenated alkanes) is 1. The normalized spacial score (nSPS) is 34.1. The molecule has 0 aromatic rings. The van der Waals surface area contributed by atoms with Gasteiger partial charge in [-0.05, 0) is 81.0 Å². The average Bonchev–Trinajstić information content (AvgIpc) is 3.39. The summed E-state index contributed by atoms with van der Waals surface area (Å²) in [5.74, 6) is 2.06. The van der Waals surface area contributed by atoms with E-state index in [9.17, 15) is 14.7 Å². The van der Waals surface area contributed by atoms with Crippen molar-refractivity contribution >= 4 is 12.3 Å². The second-order valence-corrected chi connectivity index (χ2v) is 15.3. The number of hydrogen-bond donors (Lipinski definition) is 1. The maximum Gasteiger partial charge on any atom is 0.508 e. The summed E-state index contributed by atoms with van der Waals surface area (Å²) in [6.45, 7) is 13.5. The number of ether oxygens (including phenoxy) is 6. The molecule has 1 N–H and O–H groups in total. The van der Waals surface area contributed by atoms with E-state index in [2.05, 4.69) is 39.8 Å². The Balaban J connectivity index is 1.59. The van der Waals surface area contributed by atoms with Gasteiger partial charge >= 0.3 is 12.3 Å². The maximum absolute atomic E-state index is 12.5. The zero-order valence-corrected chi connectivity index (χ0v) is 29.8. The molecule has 4 aliphatic carbocycles. The van der Waals surface area contributed by atoms with Crippen molar-refractivity contribution in [3.63, 3.8) is 0 Å². The van der Waals surface area contributed by atoms with Crippen LogP contribution in [0.25, 0.3) is 0 Å². The first-order valence-electron chi connectivity index (χ1n) is 17.5. The molecule has 4 aliphatic rings. The molecule has 0 aromatic carbocycles. The molecule has 0 aliphatic heterocycles. The number of allylic oxidation sites excluding steroid dienone is 3. The van der Waals surface area contributed by atoms with E-state index in [0.29, 0.717) is 42.9 Å². The van der Waals surface area contributed by atoms with Crippen LogP contribution in [0.2, 0.25) is 0 Å². The average molecular weight is 649 g/mol. The van der Waals surface area contributed by atoms with Crippen LogP contribution in [0.5, 0.6) is 0 Å². The van der Waals surface area contributed by atoms with Gasteiger partial charge in [-0.2, -0.15) is 0 Å². The van der Waals surface area contributed by atoms with Crippen LogP contribution in [0.3, 0.4) is 0 Å². The molecule has 0 amide bonds. The van der Waals surface area contributed by atoms with E-state index < -0.39 is 41.6 Å². The van der Waals surface area contributed by atoms with E-state index in [-0.39, 0.29) is 18.1 Å². The highest BCUT2D eigenvalue weighted by molar-refractivity contribution is 5.61. The summed E-state index contributed by atoms with van der Waals surface area (Å²) in [5, 5.41) is 11.4. The molecule has 46 heavy (non-hydrogen) atoms. The Labute approximate surface area is 276 Å². The Morgan fingerprint density at radius 3 is 2.37 bits per heavy atom. The van der Waals surface area contributed by atoms with E-state index in [0.717, 1.165) is 44.1 Å². The van der Waals surface area contributed by atoms with Crippen molar-refractivity contribution in [1.82, 2.24) is 0 Å². The fourth-order valence-electron chi connectivity index (χ4n) is 9.79. The molecule has 0 saturated heterocycles. The third kappa shape index (κ3) is 7.17. The SMILES string of the molecule is CCCC[C@H](CC(O)C(C)(C)OCOC)[C@H](C)[C@H]1CC[C@H]2C3=CC=C4C[C@@H](OC(=O)OC)C[C@H](OC(=O)OC)[C@]4(C)C3CC[C@]12C. The van der Waals surface area contributed by atoms with Crippen molar-refractivity contribution in [3.8, 4) is 0 Å². The molecule has 9 nitrogen and oxygen atoms in total. The van der Waals surface area contributed by atoms with Gasteiger partial charge in [-0.1, -0.05) is 70.3 Å². The van der Waals surface area contributed by atoms with Crippen molar-refractivity contribution in [3.05, 3.63) is 23.3 Å². The maximum atomic E-state index is 12.5. The van der Waals surface area contributed by atoms with Gasteiger partial charge < -0.3 is 33.5 Å². The Hall–Kier alpha value is -2.10. The number of carbonyl (C=O) groups is 2. The fraction of sp³-hybridized carbons (Fsp3) is 0.838. The van der Waals surface area contributed by atoms with Crippen molar-refractivity contribution in [1.29, 1.82) is 0 Å². The van der Waals surface area contributed by atoms with Crippen molar-refractivity contribution in [2.45, 2.75) is 130 Å². The molecule has 3 fully saturated rings. The molecule has 10 atom stereocenters. The molecular formula is C37H60O9. The molecule has 0 bridgehead atoms. The zero-order valence-electron chi connectivity index (χ0n) is 29.8. The van der Waals surface area contributed by atoms with Gasteiger partial charge in [0.15, 0.2) is 0 Å². The van der Waals surface area contributed by atoms with Crippen molar-refractivity contribution in [2.75, 3.05) is 28.1 Å². The fourth-order valence-corrected chi connectivity index (χ4v) is 9.79. The first-order chi connectivity index (χ1) is 21.8. The number of rotatable bonds is 13. The number of methoxy groups -OCH3 is 3. The summed E-state index contributed by atoms with van der Waals surface area (Å²) in [5.41, 5.74) is 1.66. The minimum atomic E-state index is -0.728. The summed E-state index contributed by atoms with van der Waals surface area (Å²) >= 11 is 0. The van der Waals surface area contributed by atoms with Crippen molar-refractivity contribution in [2.24, 2.45) is 40.4 Å². The van der Waals surface area contributed by atoms with E-state index in [1.807, 2.05) is 13.8 Å². The van der Waals surface area contributed by atoms with Gasteiger partial charge in [0, 0.05) is 25.4 Å². The van der Waals surface area contributed by atoms with Gasteiger partial charge in [0.1, 0.15) is 19.0 Å². The van der Waals surface area contributed by atoms with Crippen LogP contribution in [0.4, 0.5) is 9.59 Å². The van der Waals surface area contributed by atoms with Crippen LogP contribution >= 0.6 is 0 Å². The smallest absolute Gasteiger partial charge is 0.438 e. The van der Waals surface area contributed by atoms with Crippen LogP contribution in [0.15, 0.2) is 23.3 Å². The molecule has 0 aromatic heterocycles. The second-order valence-electron chi connectivity index (χ2n) is 15.3. The predicted molar refractivity (Wildman–Crippen MR) is 175 cm³/mol. The minimum Gasteiger partial charge on any atom is -0.438 e. The van der Waals surface area contributed by atoms with Gasteiger partial charge in [0.25, 0.3) is 0 Å². The van der Waals surface area contributed by atoms with Gasteiger partial charge in [-0.15, -0.1) is 0 Å². The molecular weight excluding hydrogens is 588 g/mol. The summed E-state index contributed by atoms with van der Waals surface area (Å²) in [7, 11) is 4.23. The van der Waals surface area contributed by atoms with Crippen molar-refractivity contribution < 1.29 is 43.1 Å². The van der Waals surface area contributed by atoms with E-state index in [1.165, 1.54) is 26.2 Å². The Morgan fingerprint density at radius 1 is 1.02 bits per heavy atom. The summed E-state index contributed by atoms with van der Waals surface area (Å²) in [6.07, 6.45) is 11.1. The van der Waals surface area contributed by atoms with E-state index >= 15 is 0 Å². The van der Waals surface area contributed by atoms with Gasteiger partial charge in [0.2, 0.25) is 0 Å². The van der Waals surface area contributed by atoms with E-state index in [1.54, 1.807) is 7.11 Å². The highest BCUT2D eigenvalue weighted by Crippen LogP contribution is 2.67. The van der Waals surface area contributed by atoms with Gasteiger partial charge in [0.05, 0.1) is 25.9 Å². The molecule has 2 unspecified atom stereocenters. The lowest BCUT2D eigenvalue weighted by Crippen LogP contribution is -2.54. The van der Waals surface area contributed by atoms with E-state index in [4.69, 9.17) is 28.4 Å². The quantitative estimate of drug-likeness (QED) is 0.157. The summed E-state index contributed by atoms with van der Waals surface area (Å²) < 4.78 is 32.3. The number of carbonyl (C=O) groups excluding carboxylic acids is 2. The molecule has 0 radical (unpaired) electrons. The monoisotopic (exact) mass is 648 g/mol. The van der Waals surface area contributed by atoms with Crippen LogP contribution < -0.4 is 0 Å². The number of aliphatic hydroxyl groups excluding tert-OH is 1. The second kappa shape index (κ2) is 15.0. The molecule has 0 heterocycles. The molecule has 9 heteroatoms. The lowest BCUT2D eigenvalue weighted by Gasteiger charge is -2.57. The Morgan fingerprint density at radius 2 is 1.72 bits per heavy atom. The Bertz CT molecular complexity index is 1130. The Kier molecular flexibility index (Phi) is 12.0. The third-order valence-corrected chi connectivity index (χ3v) is 12.7. The van der Waals surface area contributed by atoms with Crippen LogP contribution in [-0.4, -0.2) is 69.5 Å². The third-order valence-electron chi connectivity index (χ3n) is 12.7. The molecule has 4 rings (SSSR count). The number of fused-ring (bicyclic) bond motifs is 5. The lowest BCUT2D eigenvalue weighted by molar-refractivity contribution is -0.165. The van der Waals surface area contributed by atoms with Gasteiger partial charge in [-0.25, -0.2) is 9.59 Å². The van der Waals surface area contributed by atoms with Crippen LogP contribution in [-0.2, 0) is 28.4 Å². The highest BCUT2D eigenvalue weighted by atomic mass is 16.7. The molecule has 0 spiro atoms. The predicted octanol–water partition coefficient (Wildman–Crippen LogP) is 7.99. The highest BCUT2D eigenvalue weighted by Gasteiger charge is 2.60. The largest absolute Gasteiger partial charge is 0.508 e. The first kappa shape index (κ1) is 36.7. The number of aliphatic hydroxyl groups is 1. The number of hydrogen-bond acceptors (Lipinski definition) is 9. The van der Waals surface area contributed by atoms with Crippen LogP contribution in [0.1, 0.15) is 106 Å². The lowest BCUT2D eigenvalue weighted by atomic mass is 9.49. The van der Waals surface area contributed by atoms with Crippen LogP contribution in [0, 0.1) is 40.4 Å².